The van der Waals surface area contributed by atoms with Crippen molar-refractivity contribution in [3.05, 3.63) is 36.4 Å². The molecule has 3 aliphatic rings. The van der Waals surface area contributed by atoms with Gasteiger partial charge in [0.25, 0.3) is 5.91 Å². The van der Waals surface area contributed by atoms with Crippen molar-refractivity contribution < 1.29 is 34.0 Å². The number of benzene rings is 1. The first kappa shape index (κ1) is 28.7. The molecule has 3 aromatic rings. The third-order valence-electron chi connectivity index (χ3n) is 7.87. The van der Waals surface area contributed by atoms with Crippen LogP contribution in [0.1, 0.15) is 44.2 Å². The Kier molecular flexibility index (Phi) is 8.02. The number of imidazole rings is 1. The van der Waals surface area contributed by atoms with Gasteiger partial charge in [-0.05, 0) is 61.8 Å². The van der Waals surface area contributed by atoms with Gasteiger partial charge < -0.3 is 40.4 Å². The maximum atomic E-state index is 12.6. The molecule has 1 unspecified atom stereocenters. The minimum Gasteiger partial charge on any atom is -0.497 e. The van der Waals surface area contributed by atoms with Gasteiger partial charge in [0.1, 0.15) is 29.2 Å². The number of ether oxygens (including phenoxy) is 3. The number of rotatable bonds is 6. The second kappa shape index (κ2) is 12.0. The lowest BCUT2D eigenvalue weighted by molar-refractivity contribution is -0.137. The molecule has 4 heterocycles. The Balaban J connectivity index is 1.07. The number of likely N-dealkylation sites (tertiary alicyclic amines) is 1. The van der Waals surface area contributed by atoms with E-state index in [4.69, 9.17) is 19.9 Å². The number of aliphatic hydroxyl groups is 2. The van der Waals surface area contributed by atoms with Crippen molar-refractivity contribution in [3.8, 4) is 23.3 Å². The van der Waals surface area contributed by atoms with E-state index in [9.17, 15) is 19.8 Å². The summed E-state index contributed by atoms with van der Waals surface area (Å²) in [5.74, 6) is 7.31. The Morgan fingerprint density at radius 2 is 1.81 bits per heavy atom. The zero-order valence-corrected chi connectivity index (χ0v) is 23.5. The van der Waals surface area contributed by atoms with Crippen molar-refractivity contribution in [2.45, 2.75) is 62.7 Å². The van der Waals surface area contributed by atoms with Gasteiger partial charge in [-0.25, -0.2) is 19.7 Å². The van der Waals surface area contributed by atoms with Gasteiger partial charge in [0.05, 0.1) is 13.4 Å². The SMILES string of the molecule is COc1ccc(OC(=O)N2CCC(CC#Cc3nc(N)c4ncn([C@@H]5O[C@H](C(=O)NC6CC6)[C@H](O)C5O)c4n3)CC2)cc1. The first-order valence-electron chi connectivity index (χ1n) is 14.2. The predicted molar refractivity (Wildman–Crippen MR) is 152 cm³/mol. The molecule has 43 heavy (non-hydrogen) atoms. The molecular weight excluding hydrogens is 558 g/mol. The molecule has 2 saturated heterocycles. The average Bonchev–Trinajstić information content (AvgIpc) is 3.64. The highest BCUT2D eigenvalue weighted by Gasteiger charge is 2.48. The van der Waals surface area contributed by atoms with Crippen LogP contribution in [-0.2, 0) is 9.53 Å². The van der Waals surface area contributed by atoms with Crippen molar-refractivity contribution in [2.24, 2.45) is 5.92 Å². The number of amides is 2. The molecule has 2 aromatic heterocycles. The van der Waals surface area contributed by atoms with Gasteiger partial charge in [-0.15, -0.1) is 0 Å². The number of methoxy groups -OCH3 is 1. The number of fused-ring (bicyclic) bond motifs is 1. The molecule has 226 valence electrons. The highest BCUT2D eigenvalue weighted by molar-refractivity contribution is 5.83. The van der Waals surface area contributed by atoms with E-state index in [-0.39, 0.29) is 40.9 Å². The van der Waals surface area contributed by atoms with Crippen LogP contribution in [0.2, 0.25) is 0 Å². The van der Waals surface area contributed by atoms with Crippen LogP contribution in [0.5, 0.6) is 11.5 Å². The molecule has 2 amide bonds. The zero-order chi connectivity index (χ0) is 30.1. The number of nitrogen functional groups attached to an aromatic ring is 1. The maximum absolute atomic E-state index is 12.6. The smallest absolute Gasteiger partial charge is 0.415 e. The van der Waals surface area contributed by atoms with Gasteiger partial charge in [0.2, 0.25) is 5.82 Å². The van der Waals surface area contributed by atoms with E-state index in [0.717, 1.165) is 25.7 Å². The van der Waals surface area contributed by atoms with Crippen LogP contribution in [0.4, 0.5) is 10.6 Å². The molecule has 14 heteroatoms. The van der Waals surface area contributed by atoms with Gasteiger partial charge in [-0.2, -0.15) is 0 Å². The molecule has 1 aliphatic carbocycles. The highest BCUT2D eigenvalue weighted by atomic mass is 16.6. The number of carbonyl (C=O) groups excluding carboxylic acids is 2. The van der Waals surface area contributed by atoms with Crippen LogP contribution < -0.4 is 20.5 Å². The molecule has 0 radical (unpaired) electrons. The van der Waals surface area contributed by atoms with Crippen LogP contribution in [0.15, 0.2) is 30.6 Å². The third-order valence-corrected chi connectivity index (χ3v) is 7.87. The number of anilines is 1. The monoisotopic (exact) mass is 591 g/mol. The second-order valence-corrected chi connectivity index (χ2v) is 10.9. The minimum absolute atomic E-state index is 0.0800. The molecule has 0 bridgehead atoms. The molecule has 2 aliphatic heterocycles. The van der Waals surface area contributed by atoms with Crippen molar-refractivity contribution >= 4 is 29.0 Å². The number of aromatic nitrogens is 4. The first-order chi connectivity index (χ1) is 20.8. The summed E-state index contributed by atoms with van der Waals surface area (Å²) in [6.45, 7) is 1.12. The fourth-order valence-electron chi connectivity index (χ4n) is 5.20. The molecule has 1 aromatic carbocycles. The van der Waals surface area contributed by atoms with Gasteiger partial charge in [0.15, 0.2) is 23.8 Å². The number of nitrogens with one attached hydrogen (secondary N) is 1. The number of carbonyl (C=O) groups is 2. The summed E-state index contributed by atoms with van der Waals surface area (Å²) in [6, 6.07) is 6.93. The summed E-state index contributed by atoms with van der Waals surface area (Å²) in [6.07, 6.45) is -0.267. The van der Waals surface area contributed by atoms with Crippen molar-refractivity contribution in [1.82, 2.24) is 29.7 Å². The molecule has 6 rings (SSSR count). The lowest BCUT2D eigenvalue weighted by atomic mass is 9.94. The topological polar surface area (TPSA) is 187 Å². The maximum Gasteiger partial charge on any atom is 0.415 e. The molecule has 3 fully saturated rings. The Morgan fingerprint density at radius 3 is 2.51 bits per heavy atom. The van der Waals surface area contributed by atoms with Crippen molar-refractivity contribution in [2.75, 3.05) is 25.9 Å². The summed E-state index contributed by atoms with van der Waals surface area (Å²) in [4.78, 5) is 39.7. The lowest BCUT2D eigenvalue weighted by Crippen LogP contribution is -2.43. The molecule has 1 saturated carbocycles. The fraction of sp³-hybridized carbons (Fsp3) is 0.483. The van der Waals surface area contributed by atoms with Gasteiger partial charge in [0, 0.05) is 25.6 Å². The standard InChI is InChI=1S/C29H33N7O7/c1-41-18-7-9-19(10-8-18)42-29(40)35-13-11-16(12-14-35)3-2-4-20-33-25(30)21-26(34-20)36(15-31-21)28-23(38)22(37)24(43-28)27(39)32-17-5-6-17/h7-10,15-17,22-24,28,37-38H,3,5-6,11-14H2,1H3,(H,32,39)(H2,30,33,34)/t22-,23?,24+,28-/m1/s1. The van der Waals surface area contributed by atoms with Crippen LogP contribution >= 0.6 is 0 Å². The number of hydrogen-bond donors (Lipinski definition) is 4. The number of piperidine rings is 1. The lowest BCUT2D eigenvalue weighted by Gasteiger charge is -2.30. The van der Waals surface area contributed by atoms with Crippen LogP contribution in [0.3, 0.4) is 0 Å². The third kappa shape index (κ3) is 6.19. The normalized spacial score (nSPS) is 23.9. The van der Waals surface area contributed by atoms with Crippen LogP contribution in [0, 0.1) is 17.8 Å². The Bertz CT molecular complexity index is 1550. The van der Waals surface area contributed by atoms with Gasteiger partial charge in [-0.3, -0.25) is 9.36 Å². The second-order valence-electron chi connectivity index (χ2n) is 10.9. The quantitative estimate of drug-likeness (QED) is 0.299. The Morgan fingerprint density at radius 1 is 1.09 bits per heavy atom. The van der Waals surface area contributed by atoms with E-state index in [1.54, 1.807) is 36.3 Å². The molecule has 0 spiro atoms. The molecular formula is C29H33N7O7. The van der Waals surface area contributed by atoms with Crippen LogP contribution in [0.25, 0.3) is 11.2 Å². The summed E-state index contributed by atoms with van der Waals surface area (Å²) in [5.41, 5.74) is 6.68. The van der Waals surface area contributed by atoms with E-state index in [1.165, 1.54) is 10.9 Å². The Hall–Kier alpha value is -4.45. The molecule has 4 atom stereocenters. The summed E-state index contributed by atoms with van der Waals surface area (Å²) < 4.78 is 17.8. The number of nitrogens with zero attached hydrogens (tertiary/aromatic N) is 5. The fourth-order valence-corrected chi connectivity index (χ4v) is 5.20. The first-order valence-corrected chi connectivity index (χ1v) is 14.2. The largest absolute Gasteiger partial charge is 0.497 e. The number of hydrogen-bond acceptors (Lipinski definition) is 11. The van der Waals surface area contributed by atoms with Gasteiger partial charge in [-0.1, -0.05) is 5.92 Å². The number of aliphatic hydroxyl groups excluding tert-OH is 2. The summed E-state index contributed by atoms with van der Waals surface area (Å²) in [5, 5.41) is 24.0. The van der Waals surface area contributed by atoms with E-state index in [2.05, 4.69) is 32.1 Å². The molecule has 5 N–H and O–H groups in total. The van der Waals surface area contributed by atoms with Gasteiger partial charge >= 0.3 is 6.09 Å². The van der Waals surface area contributed by atoms with Crippen molar-refractivity contribution in [1.29, 1.82) is 0 Å². The van der Waals surface area contributed by atoms with E-state index in [0.29, 0.717) is 31.0 Å². The van der Waals surface area contributed by atoms with Crippen LogP contribution in [-0.4, -0.2) is 91.2 Å². The summed E-state index contributed by atoms with van der Waals surface area (Å²) >= 11 is 0. The van der Waals surface area contributed by atoms with E-state index >= 15 is 0 Å². The predicted octanol–water partition coefficient (Wildman–Crippen LogP) is 0.968. The van der Waals surface area contributed by atoms with E-state index in [1.807, 2.05) is 0 Å². The average molecular weight is 592 g/mol. The molecule has 14 nitrogen and oxygen atoms in total. The number of nitrogens with two attached hydrogens (primary N) is 1. The highest BCUT2D eigenvalue weighted by Crippen LogP contribution is 2.33. The summed E-state index contributed by atoms with van der Waals surface area (Å²) in [7, 11) is 1.57. The zero-order valence-electron chi connectivity index (χ0n) is 23.5. The van der Waals surface area contributed by atoms with Crippen molar-refractivity contribution in [3.63, 3.8) is 0 Å². The Labute approximate surface area is 247 Å². The minimum atomic E-state index is -1.42. The van der Waals surface area contributed by atoms with E-state index < -0.39 is 30.4 Å².